The third-order valence-electron chi connectivity index (χ3n) is 5.06. The predicted molar refractivity (Wildman–Crippen MR) is 90.6 cm³/mol. The second-order valence-corrected chi connectivity index (χ2v) is 6.80. The molecule has 7 heteroatoms. The number of hydrogen-bond acceptors (Lipinski definition) is 5. The molecule has 2 aliphatic rings. The number of likely N-dealkylation sites (N-methyl/N-ethyl adjacent to an activating group) is 1. The molecule has 0 aromatic carbocycles. The zero-order valence-corrected chi connectivity index (χ0v) is 14.8. The average molecular weight is 335 g/mol. The maximum atomic E-state index is 12.5. The van der Waals surface area contributed by atoms with Crippen LogP contribution in [0.1, 0.15) is 63.6 Å². The summed E-state index contributed by atoms with van der Waals surface area (Å²) in [5.41, 5.74) is 0. The van der Waals surface area contributed by atoms with E-state index < -0.39 is 0 Å². The Morgan fingerprint density at radius 2 is 2.17 bits per heavy atom. The molecule has 0 radical (unpaired) electrons. The lowest BCUT2D eigenvalue weighted by Crippen LogP contribution is -2.49. The van der Waals surface area contributed by atoms with Crippen LogP contribution in [0.4, 0.5) is 4.79 Å². The Hall–Kier alpha value is -1.63. The van der Waals surface area contributed by atoms with Crippen molar-refractivity contribution in [2.45, 2.75) is 64.5 Å². The third-order valence-corrected chi connectivity index (χ3v) is 5.06. The Kier molecular flexibility index (Phi) is 5.71. The summed E-state index contributed by atoms with van der Waals surface area (Å²) < 4.78 is 5.27. The van der Waals surface area contributed by atoms with Crippen LogP contribution in [0.5, 0.6) is 0 Å². The minimum Gasteiger partial charge on any atom is -0.339 e. The highest BCUT2D eigenvalue weighted by Crippen LogP contribution is 2.38. The van der Waals surface area contributed by atoms with Crippen LogP contribution in [0.15, 0.2) is 4.52 Å². The number of carbonyl (C=O) groups excluding carboxylic acids is 1. The molecule has 2 fully saturated rings. The summed E-state index contributed by atoms with van der Waals surface area (Å²) >= 11 is 0. The van der Waals surface area contributed by atoms with Gasteiger partial charge in [0.2, 0.25) is 5.89 Å². The molecule has 1 N–H and O–H groups in total. The zero-order valence-electron chi connectivity index (χ0n) is 14.8. The summed E-state index contributed by atoms with van der Waals surface area (Å²) in [6, 6.07) is 0.412. The molecular weight excluding hydrogens is 306 g/mol. The lowest BCUT2D eigenvalue weighted by Gasteiger charge is -2.35. The Balaban J connectivity index is 1.49. The van der Waals surface area contributed by atoms with Gasteiger partial charge in [-0.25, -0.2) is 4.79 Å². The highest BCUT2D eigenvalue weighted by atomic mass is 16.5. The maximum Gasteiger partial charge on any atom is 0.317 e. The average Bonchev–Trinajstić information content (AvgIpc) is 3.36. The van der Waals surface area contributed by atoms with Crippen molar-refractivity contribution in [1.82, 2.24) is 25.3 Å². The van der Waals surface area contributed by atoms with Crippen molar-refractivity contribution in [1.29, 1.82) is 0 Å². The predicted octanol–water partition coefficient (Wildman–Crippen LogP) is 2.35. The van der Waals surface area contributed by atoms with Crippen LogP contribution < -0.4 is 5.32 Å². The number of hydrogen-bond donors (Lipinski definition) is 1. The molecule has 1 aromatic heterocycles. The summed E-state index contributed by atoms with van der Waals surface area (Å²) in [5.74, 6) is 1.77. The molecule has 7 nitrogen and oxygen atoms in total. The molecule has 1 aromatic rings. The van der Waals surface area contributed by atoms with Crippen LogP contribution in [0.2, 0.25) is 0 Å². The molecule has 0 bridgehead atoms. The summed E-state index contributed by atoms with van der Waals surface area (Å²) in [5, 5.41) is 7.10. The molecule has 1 saturated carbocycles. The zero-order chi connectivity index (χ0) is 16.9. The van der Waals surface area contributed by atoms with Gasteiger partial charge in [-0.1, -0.05) is 18.5 Å². The molecule has 134 valence electrons. The lowest BCUT2D eigenvalue weighted by atomic mass is 10.0. The molecule has 2 heterocycles. The number of urea groups is 1. The van der Waals surface area contributed by atoms with Crippen molar-refractivity contribution in [2.75, 3.05) is 26.2 Å². The summed E-state index contributed by atoms with van der Waals surface area (Å²) in [6.45, 7) is 8.09. The Morgan fingerprint density at radius 1 is 1.33 bits per heavy atom. The van der Waals surface area contributed by atoms with Crippen LogP contribution in [-0.4, -0.2) is 58.2 Å². The van der Waals surface area contributed by atoms with Crippen molar-refractivity contribution < 1.29 is 9.32 Å². The second kappa shape index (κ2) is 7.96. The molecule has 1 aliphatic carbocycles. The van der Waals surface area contributed by atoms with Crippen LogP contribution in [0.3, 0.4) is 0 Å². The number of rotatable bonds is 7. The summed E-state index contributed by atoms with van der Waals surface area (Å²) in [7, 11) is 0. The number of piperidine rings is 1. The van der Waals surface area contributed by atoms with E-state index in [4.69, 9.17) is 4.52 Å². The minimum absolute atomic E-state index is 0.0445. The van der Waals surface area contributed by atoms with Gasteiger partial charge in [0.15, 0.2) is 5.82 Å². The number of aromatic nitrogens is 2. The maximum absolute atomic E-state index is 12.5. The Bertz CT molecular complexity index is 543. The quantitative estimate of drug-likeness (QED) is 0.828. The second-order valence-electron chi connectivity index (χ2n) is 6.80. The van der Waals surface area contributed by atoms with Crippen molar-refractivity contribution in [3.05, 3.63) is 11.7 Å². The van der Waals surface area contributed by atoms with Crippen LogP contribution in [0, 0.1) is 0 Å². The van der Waals surface area contributed by atoms with E-state index in [9.17, 15) is 4.79 Å². The lowest BCUT2D eigenvalue weighted by molar-refractivity contribution is 0.147. The van der Waals surface area contributed by atoms with Crippen molar-refractivity contribution in [3.8, 4) is 0 Å². The molecule has 1 aliphatic heterocycles. The van der Waals surface area contributed by atoms with Gasteiger partial charge in [-0.05, 0) is 45.7 Å². The van der Waals surface area contributed by atoms with Gasteiger partial charge in [-0.3, -0.25) is 4.90 Å². The minimum atomic E-state index is -0.0445. The van der Waals surface area contributed by atoms with E-state index in [-0.39, 0.29) is 6.03 Å². The Labute approximate surface area is 143 Å². The number of likely N-dealkylation sites (tertiary alicyclic amines) is 1. The number of amides is 2. The van der Waals surface area contributed by atoms with Gasteiger partial charge in [0, 0.05) is 25.0 Å². The van der Waals surface area contributed by atoms with Gasteiger partial charge < -0.3 is 14.7 Å². The first kappa shape index (κ1) is 17.2. The van der Waals surface area contributed by atoms with Crippen LogP contribution in [-0.2, 0) is 6.54 Å². The van der Waals surface area contributed by atoms with E-state index in [0.717, 1.165) is 38.2 Å². The van der Waals surface area contributed by atoms with E-state index in [1.54, 1.807) is 4.90 Å². The first-order valence-corrected chi connectivity index (χ1v) is 9.30. The molecule has 24 heavy (non-hydrogen) atoms. The van der Waals surface area contributed by atoms with E-state index in [1.807, 2.05) is 6.92 Å². The fourth-order valence-electron chi connectivity index (χ4n) is 3.35. The number of carbonyl (C=O) groups is 1. The standard InChI is InChI=1S/C17H29N5O2/c1-3-21-10-6-5-7-14(21)11-18-17(23)22(4-2)12-15-19-16(24-20-15)13-8-9-13/h13-14H,3-12H2,1-2H3,(H,18,23)/t14-/m1/s1. The molecule has 1 saturated heterocycles. The fraction of sp³-hybridized carbons (Fsp3) is 0.824. The normalized spacial score (nSPS) is 21.7. The van der Waals surface area contributed by atoms with E-state index in [2.05, 4.69) is 27.3 Å². The van der Waals surface area contributed by atoms with Gasteiger partial charge in [0.1, 0.15) is 0 Å². The SMILES string of the molecule is CCN(Cc1noc(C2CC2)n1)C(=O)NC[C@H]1CCCCN1CC. The molecule has 2 amide bonds. The molecule has 3 rings (SSSR count). The Morgan fingerprint density at radius 3 is 2.88 bits per heavy atom. The third kappa shape index (κ3) is 4.26. The van der Waals surface area contributed by atoms with E-state index in [1.165, 1.54) is 12.8 Å². The fourth-order valence-corrected chi connectivity index (χ4v) is 3.35. The number of nitrogens with one attached hydrogen (secondary N) is 1. The van der Waals surface area contributed by atoms with Crippen LogP contribution in [0.25, 0.3) is 0 Å². The summed E-state index contributed by atoms with van der Waals surface area (Å²) in [4.78, 5) is 21.1. The number of nitrogens with zero attached hydrogens (tertiary/aromatic N) is 4. The topological polar surface area (TPSA) is 74.5 Å². The van der Waals surface area contributed by atoms with Gasteiger partial charge >= 0.3 is 6.03 Å². The van der Waals surface area contributed by atoms with Gasteiger partial charge in [0.25, 0.3) is 0 Å². The highest BCUT2D eigenvalue weighted by Gasteiger charge is 2.30. The van der Waals surface area contributed by atoms with E-state index >= 15 is 0 Å². The van der Waals surface area contributed by atoms with Crippen LogP contribution >= 0.6 is 0 Å². The van der Waals surface area contributed by atoms with Gasteiger partial charge in [0.05, 0.1) is 6.54 Å². The first-order chi connectivity index (χ1) is 11.7. The van der Waals surface area contributed by atoms with E-state index in [0.29, 0.717) is 37.4 Å². The summed E-state index contributed by atoms with van der Waals surface area (Å²) in [6.07, 6.45) is 5.95. The largest absolute Gasteiger partial charge is 0.339 e. The van der Waals surface area contributed by atoms with Gasteiger partial charge in [-0.15, -0.1) is 0 Å². The van der Waals surface area contributed by atoms with Crippen molar-refractivity contribution in [3.63, 3.8) is 0 Å². The molecular formula is C17H29N5O2. The molecule has 0 spiro atoms. The smallest absolute Gasteiger partial charge is 0.317 e. The highest BCUT2D eigenvalue weighted by molar-refractivity contribution is 5.74. The van der Waals surface area contributed by atoms with Gasteiger partial charge in [-0.2, -0.15) is 4.98 Å². The molecule has 0 unspecified atom stereocenters. The first-order valence-electron chi connectivity index (χ1n) is 9.30. The monoisotopic (exact) mass is 335 g/mol. The van der Waals surface area contributed by atoms with Crippen molar-refractivity contribution in [2.24, 2.45) is 0 Å². The molecule has 1 atom stereocenters. The van der Waals surface area contributed by atoms with Crippen molar-refractivity contribution >= 4 is 6.03 Å².